The number of hydrogen-bond acceptors (Lipinski definition) is 5. The van der Waals surface area contributed by atoms with E-state index in [0.717, 1.165) is 54.5 Å². The SMILES string of the molecule is CC[C@@H](C)Oc1cc2c(cc1OC)CC(=O)N(c1ccc(C(C)N[C@H]3CC[C@H](N)CC3)cc1)C2c1ccc(Cl)cc1. The summed E-state index contributed by atoms with van der Waals surface area (Å²) in [4.78, 5) is 15.7. The van der Waals surface area contributed by atoms with Crippen LogP contribution in [-0.2, 0) is 11.2 Å². The van der Waals surface area contributed by atoms with Crippen LogP contribution in [0.25, 0.3) is 0 Å². The Morgan fingerprint density at radius 2 is 1.68 bits per heavy atom. The normalized spacial score (nSPS) is 22.1. The summed E-state index contributed by atoms with van der Waals surface area (Å²) in [5.41, 5.74) is 11.1. The number of anilines is 1. The minimum Gasteiger partial charge on any atom is -0.493 e. The summed E-state index contributed by atoms with van der Waals surface area (Å²) < 4.78 is 11.9. The van der Waals surface area contributed by atoms with Crippen molar-refractivity contribution in [3.05, 3.63) is 87.9 Å². The number of methoxy groups -OCH3 is 1. The fraction of sp³-hybridized carbons (Fsp3) is 0.441. The van der Waals surface area contributed by atoms with Crippen molar-refractivity contribution in [2.24, 2.45) is 5.73 Å². The minimum absolute atomic E-state index is 0.0331. The molecule has 2 unspecified atom stereocenters. The van der Waals surface area contributed by atoms with Crippen LogP contribution in [0.15, 0.2) is 60.7 Å². The molecule has 1 fully saturated rings. The van der Waals surface area contributed by atoms with Crippen LogP contribution in [0, 0.1) is 0 Å². The number of fused-ring (bicyclic) bond motifs is 1. The van der Waals surface area contributed by atoms with Crippen molar-refractivity contribution >= 4 is 23.2 Å². The van der Waals surface area contributed by atoms with Gasteiger partial charge in [-0.05, 0) is 105 Å². The smallest absolute Gasteiger partial charge is 0.232 e. The monoisotopic (exact) mass is 575 g/mol. The van der Waals surface area contributed by atoms with E-state index in [-0.39, 0.29) is 30.5 Å². The molecule has 5 rings (SSSR count). The van der Waals surface area contributed by atoms with Crippen LogP contribution in [0.2, 0.25) is 5.02 Å². The predicted molar refractivity (Wildman–Crippen MR) is 166 cm³/mol. The number of nitrogens with one attached hydrogen (secondary N) is 1. The molecular formula is C34H42ClN3O3. The Morgan fingerprint density at radius 1 is 1.00 bits per heavy atom. The lowest BCUT2D eigenvalue weighted by molar-refractivity contribution is -0.118. The van der Waals surface area contributed by atoms with E-state index in [1.807, 2.05) is 42.2 Å². The van der Waals surface area contributed by atoms with Crippen molar-refractivity contribution in [1.29, 1.82) is 0 Å². The number of carbonyl (C=O) groups excluding carboxylic acids is 1. The van der Waals surface area contributed by atoms with E-state index in [1.165, 1.54) is 5.56 Å². The maximum atomic E-state index is 13.8. The summed E-state index contributed by atoms with van der Waals surface area (Å²) in [5, 5.41) is 4.44. The summed E-state index contributed by atoms with van der Waals surface area (Å²) in [6.07, 6.45) is 5.56. The second-order valence-electron chi connectivity index (χ2n) is 11.5. The lowest BCUT2D eigenvalue weighted by Crippen LogP contribution is -2.41. The van der Waals surface area contributed by atoms with Gasteiger partial charge in [-0.1, -0.05) is 42.8 Å². The molecule has 1 aliphatic carbocycles. The Balaban J connectivity index is 1.49. The fourth-order valence-corrected chi connectivity index (χ4v) is 6.16. The molecule has 7 heteroatoms. The Labute approximate surface area is 249 Å². The molecule has 1 heterocycles. The van der Waals surface area contributed by atoms with E-state index in [0.29, 0.717) is 28.6 Å². The van der Waals surface area contributed by atoms with Crippen LogP contribution in [0.5, 0.6) is 11.5 Å². The van der Waals surface area contributed by atoms with Crippen LogP contribution >= 0.6 is 11.6 Å². The summed E-state index contributed by atoms with van der Waals surface area (Å²) in [6.45, 7) is 6.34. The van der Waals surface area contributed by atoms with Gasteiger partial charge in [0, 0.05) is 28.8 Å². The number of benzene rings is 3. The molecule has 1 amide bonds. The number of rotatable bonds is 9. The van der Waals surface area contributed by atoms with Crippen LogP contribution in [0.3, 0.4) is 0 Å². The molecule has 0 aromatic heterocycles. The second-order valence-corrected chi connectivity index (χ2v) is 12.0. The highest BCUT2D eigenvalue weighted by Crippen LogP contribution is 2.44. The maximum Gasteiger partial charge on any atom is 0.232 e. The molecule has 2 aliphatic rings. The van der Waals surface area contributed by atoms with Gasteiger partial charge in [0.25, 0.3) is 0 Å². The highest BCUT2D eigenvalue weighted by Gasteiger charge is 2.36. The number of amides is 1. The van der Waals surface area contributed by atoms with Crippen molar-refractivity contribution in [3.63, 3.8) is 0 Å². The van der Waals surface area contributed by atoms with Gasteiger partial charge in [-0.2, -0.15) is 0 Å². The number of halogens is 1. The molecule has 1 saturated carbocycles. The van der Waals surface area contributed by atoms with E-state index in [2.05, 4.69) is 49.5 Å². The third-order valence-corrected chi connectivity index (χ3v) is 8.86. The summed E-state index contributed by atoms with van der Waals surface area (Å²) >= 11 is 6.27. The first-order valence-electron chi connectivity index (χ1n) is 14.8. The first-order valence-corrected chi connectivity index (χ1v) is 15.2. The molecule has 218 valence electrons. The van der Waals surface area contributed by atoms with E-state index in [4.69, 9.17) is 26.8 Å². The standard InChI is InChI=1S/C34H42ClN3O3/c1-5-21(2)41-32-20-30-25(18-31(32)40-4)19-33(39)38(34(30)24-6-10-26(35)11-7-24)29-16-8-23(9-17-29)22(3)37-28-14-12-27(36)13-15-28/h6-11,16-18,20-22,27-28,34,37H,5,12-15,19,36H2,1-4H3/t21-,22?,27-,28-,34?/m1/s1. The quantitative estimate of drug-likeness (QED) is 0.284. The van der Waals surface area contributed by atoms with Gasteiger partial charge in [-0.25, -0.2) is 0 Å². The molecule has 6 nitrogen and oxygen atoms in total. The summed E-state index contributed by atoms with van der Waals surface area (Å²) in [7, 11) is 1.64. The van der Waals surface area contributed by atoms with E-state index >= 15 is 0 Å². The van der Waals surface area contributed by atoms with Gasteiger partial charge in [0.15, 0.2) is 11.5 Å². The molecular weight excluding hydrogens is 534 g/mol. The number of nitrogens with two attached hydrogens (primary N) is 1. The molecule has 41 heavy (non-hydrogen) atoms. The number of hydrogen-bond donors (Lipinski definition) is 2. The molecule has 3 atom stereocenters. The summed E-state index contributed by atoms with van der Waals surface area (Å²) in [6, 6.07) is 20.9. The topological polar surface area (TPSA) is 76.8 Å². The minimum atomic E-state index is -0.332. The number of ether oxygens (including phenoxy) is 2. The van der Waals surface area contributed by atoms with Crippen LogP contribution in [0.4, 0.5) is 5.69 Å². The van der Waals surface area contributed by atoms with E-state index in [1.54, 1.807) is 7.11 Å². The molecule has 0 spiro atoms. The Kier molecular flexibility index (Phi) is 9.22. The Bertz CT molecular complexity index is 1340. The Morgan fingerprint density at radius 3 is 2.32 bits per heavy atom. The largest absolute Gasteiger partial charge is 0.493 e. The average molecular weight is 576 g/mol. The number of carbonyl (C=O) groups is 1. The lowest BCUT2D eigenvalue weighted by Gasteiger charge is -2.38. The third kappa shape index (κ3) is 6.56. The van der Waals surface area contributed by atoms with Gasteiger partial charge in [0.1, 0.15) is 0 Å². The predicted octanol–water partition coefficient (Wildman–Crippen LogP) is 7.13. The molecule has 0 saturated heterocycles. The maximum absolute atomic E-state index is 13.8. The first-order chi connectivity index (χ1) is 19.8. The molecule has 3 aromatic rings. The molecule has 3 aromatic carbocycles. The van der Waals surface area contributed by atoms with Crippen LogP contribution < -0.4 is 25.4 Å². The zero-order chi connectivity index (χ0) is 29.1. The molecule has 3 N–H and O–H groups in total. The molecule has 0 radical (unpaired) electrons. The lowest BCUT2D eigenvalue weighted by atomic mass is 9.86. The van der Waals surface area contributed by atoms with Crippen molar-refractivity contribution in [1.82, 2.24) is 5.32 Å². The van der Waals surface area contributed by atoms with E-state index in [9.17, 15) is 4.79 Å². The first kappa shape index (κ1) is 29.4. The third-order valence-electron chi connectivity index (χ3n) is 8.61. The zero-order valence-electron chi connectivity index (χ0n) is 24.5. The van der Waals surface area contributed by atoms with Gasteiger partial charge in [0.2, 0.25) is 5.91 Å². The molecule has 1 aliphatic heterocycles. The zero-order valence-corrected chi connectivity index (χ0v) is 25.3. The Hall–Kier alpha value is -3.06. The summed E-state index contributed by atoms with van der Waals surface area (Å²) in [5.74, 6) is 1.37. The van der Waals surface area contributed by atoms with Crippen molar-refractivity contribution in [3.8, 4) is 11.5 Å². The second kappa shape index (κ2) is 12.8. The van der Waals surface area contributed by atoms with Crippen molar-refractivity contribution < 1.29 is 14.3 Å². The number of nitrogens with zero attached hydrogens (tertiary/aromatic N) is 1. The average Bonchev–Trinajstić information content (AvgIpc) is 2.98. The fourth-order valence-electron chi connectivity index (χ4n) is 6.03. The van der Waals surface area contributed by atoms with Gasteiger partial charge >= 0.3 is 0 Å². The van der Waals surface area contributed by atoms with Crippen LogP contribution in [-0.4, -0.2) is 31.2 Å². The highest BCUT2D eigenvalue weighted by atomic mass is 35.5. The van der Waals surface area contributed by atoms with Crippen molar-refractivity contribution in [2.75, 3.05) is 12.0 Å². The van der Waals surface area contributed by atoms with Crippen LogP contribution in [0.1, 0.15) is 87.2 Å². The van der Waals surface area contributed by atoms with E-state index < -0.39 is 0 Å². The van der Waals surface area contributed by atoms with Gasteiger partial charge in [0.05, 0.1) is 25.7 Å². The highest BCUT2D eigenvalue weighted by molar-refractivity contribution is 6.30. The van der Waals surface area contributed by atoms with Crippen molar-refractivity contribution in [2.45, 2.75) is 89.6 Å². The van der Waals surface area contributed by atoms with Gasteiger partial charge in [-0.15, -0.1) is 0 Å². The van der Waals surface area contributed by atoms with Gasteiger partial charge in [-0.3, -0.25) is 4.79 Å². The van der Waals surface area contributed by atoms with Gasteiger partial charge < -0.3 is 25.4 Å². The molecule has 0 bridgehead atoms.